The highest BCUT2D eigenvalue weighted by Gasteiger charge is 1.96. The molecule has 1 heterocycles. The van der Waals surface area contributed by atoms with Gasteiger partial charge in [-0.3, -0.25) is 0 Å². The Bertz CT molecular complexity index is 437. The van der Waals surface area contributed by atoms with Gasteiger partial charge in [0.05, 0.1) is 19.6 Å². The summed E-state index contributed by atoms with van der Waals surface area (Å²) in [5.74, 6) is 1.68. The minimum atomic E-state index is 0.629. The van der Waals surface area contributed by atoms with Crippen molar-refractivity contribution >= 4 is 0 Å². The Balaban J connectivity index is 1.62. The van der Waals surface area contributed by atoms with Crippen molar-refractivity contribution in [3.63, 3.8) is 0 Å². The van der Waals surface area contributed by atoms with Crippen LogP contribution in [0, 0.1) is 0 Å². The van der Waals surface area contributed by atoms with Crippen LogP contribution in [-0.2, 0) is 6.54 Å². The summed E-state index contributed by atoms with van der Waals surface area (Å²) < 4.78 is 15.6. The van der Waals surface area contributed by atoms with E-state index in [2.05, 4.69) is 5.32 Å². The van der Waals surface area contributed by atoms with Gasteiger partial charge in [0.25, 0.3) is 0 Å². The highest BCUT2D eigenvalue weighted by atomic mass is 16.5. The Hall–Kier alpha value is -1.94. The summed E-state index contributed by atoms with van der Waals surface area (Å²) in [6, 6.07) is 9.50. The van der Waals surface area contributed by atoms with Crippen LogP contribution in [0.2, 0.25) is 0 Å². The van der Waals surface area contributed by atoms with Crippen molar-refractivity contribution in [1.82, 2.24) is 5.32 Å². The summed E-state index contributed by atoms with van der Waals surface area (Å²) in [5, 5.41) is 3.27. The van der Waals surface area contributed by atoms with Crippen LogP contribution in [0.5, 0.6) is 11.5 Å². The number of furan rings is 1. The summed E-state index contributed by atoms with van der Waals surface area (Å²) >= 11 is 0. The molecule has 18 heavy (non-hydrogen) atoms. The van der Waals surface area contributed by atoms with E-state index in [4.69, 9.17) is 13.9 Å². The maximum absolute atomic E-state index is 5.58. The fourth-order valence-corrected chi connectivity index (χ4v) is 1.54. The Morgan fingerprint density at radius 2 is 1.89 bits per heavy atom. The molecule has 0 aliphatic rings. The van der Waals surface area contributed by atoms with Crippen LogP contribution in [0.1, 0.15) is 5.56 Å². The SMILES string of the molecule is COc1ccc(OCCNCc2ccoc2)cc1. The van der Waals surface area contributed by atoms with Gasteiger partial charge in [-0.05, 0) is 30.3 Å². The van der Waals surface area contributed by atoms with E-state index in [9.17, 15) is 0 Å². The zero-order valence-electron chi connectivity index (χ0n) is 10.4. The van der Waals surface area contributed by atoms with Gasteiger partial charge >= 0.3 is 0 Å². The maximum Gasteiger partial charge on any atom is 0.119 e. The van der Waals surface area contributed by atoms with Crippen LogP contribution in [0.15, 0.2) is 47.3 Å². The monoisotopic (exact) mass is 247 g/mol. The number of hydrogen-bond acceptors (Lipinski definition) is 4. The van der Waals surface area contributed by atoms with Gasteiger partial charge in [-0.2, -0.15) is 0 Å². The third-order valence-corrected chi connectivity index (χ3v) is 2.52. The first kappa shape index (κ1) is 12.5. The van der Waals surface area contributed by atoms with E-state index in [1.165, 1.54) is 0 Å². The van der Waals surface area contributed by atoms with E-state index in [1.54, 1.807) is 19.6 Å². The molecule has 2 aromatic rings. The summed E-state index contributed by atoms with van der Waals surface area (Å²) in [6.07, 6.45) is 3.40. The second kappa shape index (κ2) is 6.71. The first-order chi connectivity index (χ1) is 8.88. The van der Waals surface area contributed by atoms with Gasteiger partial charge in [-0.25, -0.2) is 0 Å². The highest BCUT2D eigenvalue weighted by Crippen LogP contribution is 2.16. The average molecular weight is 247 g/mol. The Morgan fingerprint density at radius 3 is 2.56 bits per heavy atom. The molecule has 0 aliphatic heterocycles. The third-order valence-electron chi connectivity index (χ3n) is 2.52. The molecule has 0 aliphatic carbocycles. The van der Waals surface area contributed by atoms with Gasteiger partial charge in [0.2, 0.25) is 0 Å². The van der Waals surface area contributed by atoms with Gasteiger partial charge in [0.1, 0.15) is 18.1 Å². The molecule has 1 aromatic heterocycles. The molecule has 0 fully saturated rings. The van der Waals surface area contributed by atoms with Gasteiger partial charge in [0, 0.05) is 18.7 Å². The van der Waals surface area contributed by atoms with Crippen molar-refractivity contribution in [1.29, 1.82) is 0 Å². The summed E-state index contributed by atoms with van der Waals surface area (Å²) in [5.41, 5.74) is 1.14. The second-order valence-corrected chi connectivity index (χ2v) is 3.83. The van der Waals surface area contributed by atoms with E-state index in [0.29, 0.717) is 6.61 Å². The number of hydrogen-bond donors (Lipinski definition) is 1. The van der Waals surface area contributed by atoms with Gasteiger partial charge < -0.3 is 19.2 Å². The predicted molar refractivity (Wildman–Crippen MR) is 68.9 cm³/mol. The van der Waals surface area contributed by atoms with E-state index in [-0.39, 0.29) is 0 Å². The molecule has 96 valence electrons. The lowest BCUT2D eigenvalue weighted by molar-refractivity contribution is 0.313. The van der Waals surface area contributed by atoms with Crippen LogP contribution >= 0.6 is 0 Å². The molecule has 0 saturated carbocycles. The molecule has 0 amide bonds. The quantitative estimate of drug-likeness (QED) is 0.763. The molecule has 0 spiro atoms. The van der Waals surface area contributed by atoms with E-state index >= 15 is 0 Å². The van der Waals surface area contributed by atoms with Crippen molar-refractivity contribution in [2.24, 2.45) is 0 Å². The first-order valence-corrected chi connectivity index (χ1v) is 5.87. The van der Waals surface area contributed by atoms with Crippen molar-refractivity contribution in [2.75, 3.05) is 20.3 Å². The number of methoxy groups -OCH3 is 1. The minimum Gasteiger partial charge on any atom is -0.497 e. The fourth-order valence-electron chi connectivity index (χ4n) is 1.54. The molecule has 0 atom stereocenters. The average Bonchev–Trinajstić information content (AvgIpc) is 2.92. The van der Waals surface area contributed by atoms with Crippen LogP contribution < -0.4 is 14.8 Å². The molecule has 0 unspecified atom stereocenters. The lowest BCUT2D eigenvalue weighted by Crippen LogP contribution is -2.20. The van der Waals surface area contributed by atoms with Crippen molar-refractivity contribution in [3.05, 3.63) is 48.4 Å². The summed E-state index contributed by atoms with van der Waals surface area (Å²) in [6.45, 7) is 2.21. The lowest BCUT2D eigenvalue weighted by Gasteiger charge is -2.07. The molecular formula is C14H17NO3. The lowest BCUT2D eigenvalue weighted by atomic mass is 10.3. The number of benzene rings is 1. The largest absolute Gasteiger partial charge is 0.497 e. The summed E-state index contributed by atoms with van der Waals surface area (Å²) in [7, 11) is 1.65. The van der Waals surface area contributed by atoms with Crippen LogP contribution in [-0.4, -0.2) is 20.3 Å². The smallest absolute Gasteiger partial charge is 0.119 e. The number of nitrogens with one attached hydrogen (secondary N) is 1. The molecule has 4 heteroatoms. The van der Waals surface area contributed by atoms with E-state index in [0.717, 1.165) is 30.2 Å². The topological polar surface area (TPSA) is 43.6 Å². The molecule has 2 rings (SSSR count). The zero-order chi connectivity index (χ0) is 12.6. The minimum absolute atomic E-state index is 0.629. The molecular weight excluding hydrogens is 230 g/mol. The molecule has 1 aromatic carbocycles. The fraction of sp³-hybridized carbons (Fsp3) is 0.286. The van der Waals surface area contributed by atoms with Gasteiger partial charge in [-0.15, -0.1) is 0 Å². The maximum atomic E-state index is 5.58. The van der Waals surface area contributed by atoms with Crippen LogP contribution in [0.4, 0.5) is 0 Å². The normalized spacial score (nSPS) is 10.3. The van der Waals surface area contributed by atoms with Crippen molar-refractivity contribution in [2.45, 2.75) is 6.54 Å². The first-order valence-electron chi connectivity index (χ1n) is 5.87. The standard InChI is InChI=1S/C14H17NO3/c1-16-13-2-4-14(5-3-13)18-9-7-15-10-12-6-8-17-11-12/h2-6,8,11,15H,7,9-10H2,1H3. The Morgan fingerprint density at radius 1 is 1.11 bits per heavy atom. The Kier molecular flexibility index (Phi) is 4.67. The molecule has 0 bridgehead atoms. The third kappa shape index (κ3) is 3.82. The van der Waals surface area contributed by atoms with Crippen molar-refractivity contribution in [3.8, 4) is 11.5 Å². The second-order valence-electron chi connectivity index (χ2n) is 3.83. The van der Waals surface area contributed by atoms with Gasteiger partial charge in [0.15, 0.2) is 0 Å². The molecule has 0 saturated heterocycles. The zero-order valence-corrected chi connectivity index (χ0v) is 10.4. The van der Waals surface area contributed by atoms with Gasteiger partial charge in [-0.1, -0.05) is 0 Å². The molecule has 1 N–H and O–H groups in total. The Labute approximate surface area is 107 Å². The van der Waals surface area contributed by atoms with E-state index in [1.807, 2.05) is 30.3 Å². The molecule has 4 nitrogen and oxygen atoms in total. The number of ether oxygens (including phenoxy) is 2. The number of rotatable bonds is 7. The van der Waals surface area contributed by atoms with E-state index < -0.39 is 0 Å². The van der Waals surface area contributed by atoms with Crippen LogP contribution in [0.3, 0.4) is 0 Å². The summed E-state index contributed by atoms with van der Waals surface area (Å²) in [4.78, 5) is 0. The predicted octanol–water partition coefficient (Wildman–Crippen LogP) is 2.46. The van der Waals surface area contributed by atoms with Crippen LogP contribution in [0.25, 0.3) is 0 Å². The highest BCUT2D eigenvalue weighted by molar-refractivity contribution is 5.31. The molecule has 0 radical (unpaired) electrons. The van der Waals surface area contributed by atoms with Crippen molar-refractivity contribution < 1.29 is 13.9 Å².